The van der Waals surface area contributed by atoms with Crippen LogP contribution in [-0.4, -0.2) is 53.1 Å². The molecule has 3 unspecified atom stereocenters. The largest absolute Gasteiger partial charge is 0.387 e. The summed E-state index contributed by atoms with van der Waals surface area (Å²) in [7, 11) is -4.44. The summed E-state index contributed by atoms with van der Waals surface area (Å²) in [5, 5.41) is 23.4. The molecule has 0 spiro atoms. The van der Waals surface area contributed by atoms with E-state index in [1.165, 1.54) is 141 Å². The number of carbonyl (C=O) groups excluding carboxylic acids is 1. The first-order valence-corrected chi connectivity index (χ1v) is 22.3. The Morgan fingerprint density at radius 2 is 0.898 bits per heavy atom. The van der Waals surface area contributed by atoms with E-state index in [1.807, 2.05) is 0 Å². The molecule has 4 N–H and O–H groups in total. The van der Waals surface area contributed by atoms with E-state index in [2.05, 4.69) is 31.3 Å². The van der Waals surface area contributed by atoms with Crippen LogP contribution in [0.2, 0.25) is 0 Å². The fourth-order valence-corrected chi connectivity index (χ4v) is 7.01. The smallest absolute Gasteiger partial charge is 0.267 e. The summed E-state index contributed by atoms with van der Waals surface area (Å²) in [6.07, 6.45) is 40.9. The topological polar surface area (TPSA) is 124 Å². The van der Waals surface area contributed by atoms with Crippen LogP contribution in [0, 0.1) is 0 Å². The van der Waals surface area contributed by atoms with E-state index >= 15 is 0 Å². The molecule has 8 heteroatoms. The number of amides is 1. The number of rotatable bonds is 37. The Morgan fingerprint density at radius 3 is 1.29 bits per heavy atom. The first-order chi connectivity index (χ1) is 23.7. The molecule has 0 bridgehead atoms. The van der Waals surface area contributed by atoms with Crippen LogP contribution in [0.3, 0.4) is 0 Å². The molecule has 3 atom stereocenters. The van der Waals surface area contributed by atoms with Crippen LogP contribution in [-0.2, 0) is 14.9 Å². The number of nitrogens with one attached hydrogen (secondary N) is 1. The summed E-state index contributed by atoms with van der Waals surface area (Å²) in [5.74, 6) is -1.54. The molecule has 0 saturated heterocycles. The van der Waals surface area contributed by atoms with Gasteiger partial charge in [-0.3, -0.25) is 9.35 Å². The summed E-state index contributed by atoms with van der Waals surface area (Å²) in [4.78, 5) is 12.6. The van der Waals surface area contributed by atoms with Crippen molar-refractivity contribution in [2.45, 2.75) is 225 Å². The van der Waals surface area contributed by atoms with Gasteiger partial charge in [0, 0.05) is 0 Å². The van der Waals surface area contributed by atoms with Crippen LogP contribution in [0.15, 0.2) is 24.3 Å². The van der Waals surface area contributed by atoms with E-state index < -0.39 is 40.0 Å². The zero-order chi connectivity index (χ0) is 36.3. The Kier molecular flexibility index (Phi) is 34.3. The van der Waals surface area contributed by atoms with Gasteiger partial charge >= 0.3 is 0 Å². The van der Waals surface area contributed by atoms with Crippen molar-refractivity contribution in [2.75, 3.05) is 5.75 Å². The first kappa shape index (κ1) is 47.8. The number of aliphatic hydroxyl groups excluding tert-OH is 2. The molecule has 0 aromatic carbocycles. The van der Waals surface area contributed by atoms with Gasteiger partial charge in [0.25, 0.3) is 10.1 Å². The fourth-order valence-electron chi connectivity index (χ4n) is 6.27. The van der Waals surface area contributed by atoms with Crippen molar-refractivity contribution in [2.24, 2.45) is 0 Å². The zero-order valence-electron chi connectivity index (χ0n) is 31.9. The zero-order valence-corrected chi connectivity index (χ0v) is 32.8. The van der Waals surface area contributed by atoms with Crippen molar-refractivity contribution in [3.63, 3.8) is 0 Å². The number of carbonyl (C=O) groups is 1. The second-order valence-electron chi connectivity index (χ2n) is 14.4. The van der Waals surface area contributed by atoms with Gasteiger partial charge < -0.3 is 15.5 Å². The van der Waals surface area contributed by atoms with Crippen LogP contribution >= 0.6 is 0 Å². The highest BCUT2D eigenvalue weighted by molar-refractivity contribution is 7.85. The molecule has 0 saturated carbocycles. The number of allylic oxidation sites excluding steroid dienone is 3. The molecule has 0 radical (unpaired) electrons. The van der Waals surface area contributed by atoms with Gasteiger partial charge in [-0.15, -0.1) is 0 Å². The molecule has 0 aliphatic rings. The highest BCUT2D eigenvalue weighted by Crippen LogP contribution is 2.14. The second kappa shape index (κ2) is 35.2. The van der Waals surface area contributed by atoms with Crippen LogP contribution in [0.25, 0.3) is 0 Å². The van der Waals surface area contributed by atoms with Crippen LogP contribution < -0.4 is 5.32 Å². The van der Waals surface area contributed by atoms with E-state index in [1.54, 1.807) is 6.08 Å². The van der Waals surface area contributed by atoms with Crippen molar-refractivity contribution in [3.05, 3.63) is 24.3 Å². The van der Waals surface area contributed by atoms with E-state index in [0.717, 1.165) is 44.9 Å². The highest BCUT2D eigenvalue weighted by Gasteiger charge is 2.27. The van der Waals surface area contributed by atoms with Crippen LogP contribution in [0.4, 0.5) is 0 Å². The lowest BCUT2D eigenvalue weighted by atomic mass is 10.0. The Bertz CT molecular complexity index is 890. The van der Waals surface area contributed by atoms with E-state index in [4.69, 9.17) is 0 Å². The quantitative estimate of drug-likeness (QED) is 0.0289. The third-order valence-electron chi connectivity index (χ3n) is 9.48. The normalized spacial score (nSPS) is 14.1. The average molecular weight is 714 g/mol. The molecule has 49 heavy (non-hydrogen) atoms. The van der Waals surface area contributed by atoms with E-state index in [0.29, 0.717) is 6.42 Å². The van der Waals surface area contributed by atoms with Crippen molar-refractivity contribution in [3.8, 4) is 0 Å². The van der Waals surface area contributed by atoms with Gasteiger partial charge in [-0.05, 0) is 44.9 Å². The molecule has 290 valence electrons. The summed E-state index contributed by atoms with van der Waals surface area (Å²) in [5.41, 5.74) is 0. The standard InChI is InChI=1S/C41H79NO6S/c1-3-5-7-9-11-13-15-17-18-19-20-21-22-23-24-26-28-30-32-34-36-40(44)41(45)42-38(37-49(46,47)48)39(43)35-33-31-29-27-25-16-14-12-10-8-6-4-2/h21-22,33,35,38-40,43-44H,3-20,23-32,34,36-37H2,1-2H3,(H,42,45)(H,46,47,48)/b22-21-,35-33+. The van der Waals surface area contributed by atoms with Crippen molar-refractivity contribution in [1.29, 1.82) is 0 Å². The van der Waals surface area contributed by atoms with Gasteiger partial charge in [0.15, 0.2) is 0 Å². The SMILES string of the molecule is CCCCCCCCCCCC/C=C\CCCCCCCCC(O)C(=O)NC(CS(=O)(=O)O)C(O)/C=C/CCCCCCCCCCCC. The van der Waals surface area contributed by atoms with Crippen molar-refractivity contribution in [1.82, 2.24) is 5.32 Å². The highest BCUT2D eigenvalue weighted by atomic mass is 32.2. The fraction of sp³-hybridized carbons (Fsp3) is 0.878. The van der Waals surface area contributed by atoms with Gasteiger partial charge in [0.1, 0.15) is 6.10 Å². The van der Waals surface area contributed by atoms with E-state index in [-0.39, 0.29) is 6.42 Å². The maximum absolute atomic E-state index is 12.6. The summed E-state index contributed by atoms with van der Waals surface area (Å²) in [6, 6.07) is -1.23. The maximum atomic E-state index is 12.6. The van der Waals surface area contributed by atoms with Gasteiger partial charge in [0.2, 0.25) is 5.91 Å². The van der Waals surface area contributed by atoms with Crippen molar-refractivity contribution >= 4 is 16.0 Å². The molecule has 0 fully saturated rings. The molecular formula is C41H79NO6S. The predicted molar refractivity (Wildman–Crippen MR) is 208 cm³/mol. The van der Waals surface area contributed by atoms with Gasteiger partial charge in [0.05, 0.1) is 17.9 Å². The molecule has 1 amide bonds. The lowest BCUT2D eigenvalue weighted by Crippen LogP contribution is -2.50. The Labute approximate surface area is 303 Å². The Hall–Kier alpha value is -1.22. The van der Waals surface area contributed by atoms with Gasteiger partial charge in [-0.2, -0.15) is 8.42 Å². The monoisotopic (exact) mass is 714 g/mol. The minimum Gasteiger partial charge on any atom is -0.387 e. The number of aliphatic hydroxyl groups is 2. The number of hydrogen-bond donors (Lipinski definition) is 4. The summed E-state index contributed by atoms with van der Waals surface area (Å²) in [6.45, 7) is 4.50. The Morgan fingerprint density at radius 1 is 0.551 bits per heavy atom. The molecule has 7 nitrogen and oxygen atoms in total. The molecule has 0 aromatic rings. The Balaban J connectivity index is 3.99. The third-order valence-corrected chi connectivity index (χ3v) is 10.3. The predicted octanol–water partition coefficient (Wildman–Crippen LogP) is 10.9. The minimum absolute atomic E-state index is 0.275. The summed E-state index contributed by atoms with van der Waals surface area (Å²) < 4.78 is 32.4. The lowest BCUT2D eigenvalue weighted by Gasteiger charge is -2.22. The second-order valence-corrected chi connectivity index (χ2v) is 15.9. The third kappa shape index (κ3) is 35.0. The van der Waals surface area contributed by atoms with Crippen LogP contribution in [0.1, 0.15) is 206 Å². The molecular weight excluding hydrogens is 635 g/mol. The van der Waals surface area contributed by atoms with Gasteiger partial charge in [-0.25, -0.2) is 0 Å². The van der Waals surface area contributed by atoms with Gasteiger partial charge in [-0.1, -0.05) is 186 Å². The van der Waals surface area contributed by atoms with E-state index in [9.17, 15) is 28.0 Å². The van der Waals surface area contributed by atoms with Crippen LogP contribution in [0.5, 0.6) is 0 Å². The molecule has 0 aromatic heterocycles. The minimum atomic E-state index is -4.44. The number of hydrogen-bond acceptors (Lipinski definition) is 5. The average Bonchev–Trinajstić information content (AvgIpc) is 3.06. The molecule has 0 heterocycles. The first-order valence-electron chi connectivity index (χ1n) is 20.6. The molecule has 0 rings (SSSR count). The summed E-state index contributed by atoms with van der Waals surface area (Å²) >= 11 is 0. The maximum Gasteiger partial charge on any atom is 0.267 e. The number of unbranched alkanes of at least 4 members (excludes halogenated alkanes) is 26. The molecule has 0 aliphatic heterocycles. The lowest BCUT2D eigenvalue weighted by molar-refractivity contribution is -0.130. The molecule has 0 aliphatic carbocycles. The van der Waals surface area contributed by atoms with Crippen molar-refractivity contribution < 1.29 is 28.0 Å².